The second-order valence-corrected chi connectivity index (χ2v) is 7.91. The number of halogens is 8. The molecule has 0 aliphatic carbocycles. The highest BCUT2D eigenvalue weighted by atomic mass is 35.5. The summed E-state index contributed by atoms with van der Waals surface area (Å²) in [5.74, 6) is -4.62. The molecule has 0 spiro atoms. The fraction of sp³-hybridized carbons (Fsp3) is 0.158. The van der Waals surface area contributed by atoms with Crippen LogP contribution in [0.15, 0.2) is 36.4 Å². The first-order chi connectivity index (χ1) is 14.7. The van der Waals surface area contributed by atoms with Gasteiger partial charge in [0.1, 0.15) is 11.7 Å². The first-order valence-electron chi connectivity index (χ1n) is 8.38. The molecule has 13 heteroatoms. The van der Waals surface area contributed by atoms with E-state index >= 15 is 0 Å². The third-order valence-electron chi connectivity index (χ3n) is 4.08. The van der Waals surface area contributed by atoms with Gasteiger partial charge in [-0.05, 0) is 35.9 Å². The number of allylic oxidation sites excluding steroid dienone is 1. The highest BCUT2D eigenvalue weighted by Crippen LogP contribution is 2.42. The molecule has 2 aromatic rings. The van der Waals surface area contributed by atoms with Crippen molar-refractivity contribution < 1.29 is 32.3 Å². The maximum absolute atomic E-state index is 14.7. The van der Waals surface area contributed by atoms with Crippen molar-refractivity contribution in [1.82, 2.24) is 10.4 Å². The monoisotopic (exact) mass is 532 g/mol. The zero-order valence-corrected chi connectivity index (χ0v) is 18.8. The Balaban J connectivity index is 2.42. The van der Waals surface area contributed by atoms with Gasteiger partial charge in [0.25, 0.3) is 5.91 Å². The maximum Gasteiger partial charge on any atom is 0.425 e. The van der Waals surface area contributed by atoms with Crippen molar-refractivity contribution in [3.05, 3.63) is 73.2 Å². The molecule has 0 radical (unpaired) electrons. The largest absolute Gasteiger partial charge is 0.464 e. The Hall–Kier alpha value is -2.20. The summed E-state index contributed by atoms with van der Waals surface area (Å²) in [4.78, 5) is 22.8. The number of benzene rings is 2. The number of amides is 2. The molecule has 172 valence electrons. The molecule has 1 unspecified atom stereocenters. The van der Waals surface area contributed by atoms with Gasteiger partial charge in [-0.15, -0.1) is 0 Å². The van der Waals surface area contributed by atoms with Crippen LogP contribution in [0.3, 0.4) is 0 Å². The second-order valence-electron chi connectivity index (χ2n) is 6.31. The van der Waals surface area contributed by atoms with Crippen LogP contribution in [0.25, 0.3) is 5.83 Å². The minimum Gasteiger partial charge on any atom is -0.464 e. The third kappa shape index (κ3) is 6.19. The van der Waals surface area contributed by atoms with Crippen LogP contribution >= 0.6 is 46.4 Å². The standard InChI is InChI=1S/C19H12Cl4F4N2O3/c1-29(18(31)32)28-17(30)10-3-2-8(4-12(10)20)15(24)7-11(19(25,26)27)9-5-13(21)16(23)14(22)6-9/h2-7,11H,1H3,(H,28,30)(H,31,32)/b15-7-. The Morgan fingerprint density at radius 2 is 1.62 bits per heavy atom. The number of alkyl halides is 3. The van der Waals surface area contributed by atoms with Crippen LogP contribution in [0.2, 0.25) is 20.1 Å². The van der Waals surface area contributed by atoms with E-state index in [4.69, 9.17) is 51.5 Å². The first kappa shape index (κ1) is 26.1. The average molecular weight is 534 g/mol. The van der Waals surface area contributed by atoms with E-state index in [1.807, 2.05) is 5.43 Å². The van der Waals surface area contributed by atoms with Crippen LogP contribution < -0.4 is 5.43 Å². The van der Waals surface area contributed by atoms with Crippen molar-refractivity contribution in [3.63, 3.8) is 0 Å². The summed E-state index contributed by atoms with van der Waals surface area (Å²) < 4.78 is 55.6. The van der Waals surface area contributed by atoms with Crippen LogP contribution in [0.1, 0.15) is 27.4 Å². The Bertz CT molecular complexity index is 1070. The molecule has 0 fully saturated rings. The molecule has 2 aromatic carbocycles. The Morgan fingerprint density at radius 3 is 2.09 bits per heavy atom. The van der Waals surface area contributed by atoms with E-state index in [2.05, 4.69) is 0 Å². The molecule has 2 N–H and O–H groups in total. The molecule has 2 amide bonds. The van der Waals surface area contributed by atoms with E-state index in [-0.39, 0.29) is 31.2 Å². The van der Waals surface area contributed by atoms with E-state index in [9.17, 15) is 27.2 Å². The first-order valence-corrected chi connectivity index (χ1v) is 9.89. The lowest BCUT2D eigenvalue weighted by molar-refractivity contribution is -0.139. The quantitative estimate of drug-likeness (QED) is 0.248. The van der Waals surface area contributed by atoms with Crippen LogP contribution in [0, 0.1) is 0 Å². The highest BCUT2D eigenvalue weighted by Gasteiger charge is 2.40. The van der Waals surface area contributed by atoms with Gasteiger partial charge in [0.05, 0.1) is 25.7 Å². The third-order valence-corrected chi connectivity index (χ3v) is 5.59. The van der Waals surface area contributed by atoms with Gasteiger partial charge >= 0.3 is 12.3 Å². The van der Waals surface area contributed by atoms with Gasteiger partial charge in [0, 0.05) is 12.6 Å². The molecule has 0 aromatic heterocycles. The van der Waals surface area contributed by atoms with E-state index in [1.165, 1.54) is 0 Å². The van der Waals surface area contributed by atoms with Gasteiger partial charge in [0.15, 0.2) is 0 Å². The number of nitrogens with one attached hydrogen (secondary N) is 1. The van der Waals surface area contributed by atoms with E-state index < -0.39 is 35.5 Å². The molecule has 0 saturated carbocycles. The number of carbonyl (C=O) groups excluding carboxylic acids is 1. The molecule has 0 aliphatic heterocycles. The summed E-state index contributed by atoms with van der Waals surface area (Å²) in [6, 6.07) is 4.84. The molecule has 32 heavy (non-hydrogen) atoms. The van der Waals surface area contributed by atoms with Gasteiger partial charge in [-0.25, -0.2) is 14.2 Å². The van der Waals surface area contributed by atoms with Crippen LogP contribution in [-0.4, -0.2) is 35.3 Å². The number of rotatable bonds is 4. The Labute approximate surface area is 199 Å². The summed E-state index contributed by atoms with van der Waals surface area (Å²) >= 11 is 23.3. The molecule has 5 nitrogen and oxygen atoms in total. The number of carboxylic acid groups (broad SMARTS) is 1. The van der Waals surface area contributed by atoms with E-state index in [1.54, 1.807) is 0 Å². The van der Waals surface area contributed by atoms with Crippen LogP contribution in [0.4, 0.5) is 22.4 Å². The van der Waals surface area contributed by atoms with Gasteiger partial charge in [-0.3, -0.25) is 10.2 Å². The predicted octanol–water partition coefficient (Wildman–Crippen LogP) is 7.21. The van der Waals surface area contributed by atoms with Crippen LogP contribution in [0.5, 0.6) is 0 Å². The van der Waals surface area contributed by atoms with Crippen molar-refractivity contribution in [1.29, 1.82) is 0 Å². The Morgan fingerprint density at radius 1 is 1.06 bits per heavy atom. The second kappa shape index (κ2) is 10.2. The van der Waals surface area contributed by atoms with Crippen molar-refractivity contribution in [2.24, 2.45) is 0 Å². The average Bonchev–Trinajstić information content (AvgIpc) is 2.68. The van der Waals surface area contributed by atoms with Crippen molar-refractivity contribution in [2.75, 3.05) is 7.05 Å². The Kier molecular flexibility index (Phi) is 8.27. The minimum atomic E-state index is -4.90. The lowest BCUT2D eigenvalue weighted by Gasteiger charge is -2.19. The molecular formula is C19H12Cl4F4N2O3. The number of nitrogens with zero attached hydrogens (tertiary/aromatic N) is 1. The fourth-order valence-electron chi connectivity index (χ4n) is 2.49. The van der Waals surface area contributed by atoms with Gasteiger partial charge in [-0.2, -0.15) is 13.2 Å². The fourth-order valence-corrected chi connectivity index (χ4v) is 3.36. The molecule has 0 bridgehead atoms. The SMILES string of the molecule is CN(NC(=O)c1ccc(/C(F)=C/C(c2cc(Cl)c(Cl)c(Cl)c2)C(F)(F)F)cc1Cl)C(=O)O. The molecule has 0 aliphatic rings. The highest BCUT2D eigenvalue weighted by molar-refractivity contribution is 6.48. The summed E-state index contributed by atoms with van der Waals surface area (Å²) in [5.41, 5.74) is 0.981. The number of carbonyl (C=O) groups is 2. The summed E-state index contributed by atoms with van der Waals surface area (Å²) in [6.07, 6.45) is -6.05. The molecule has 1 atom stereocenters. The van der Waals surface area contributed by atoms with E-state index in [0.717, 1.165) is 37.4 Å². The van der Waals surface area contributed by atoms with Crippen molar-refractivity contribution >= 4 is 64.2 Å². The zero-order chi connectivity index (χ0) is 24.4. The molecule has 0 saturated heterocycles. The lowest BCUT2D eigenvalue weighted by Crippen LogP contribution is -2.42. The molecule has 2 rings (SSSR count). The zero-order valence-electron chi connectivity index (χ0n) is 15.8. The number of hydrogen-bond acceptors (Lipinski definition) is 2. The lowest BCUT2D eigenvalue weighted by atomic mass is 9.96. The van der Waals surface area contributed by atoms with Gasteiger partial charge in [0.2, 0.25) is 0 Å². The van der Waals surface area contributed by atoms with E-state index in [0.29, 0.717) is 11.1 Å². The number of hydrogen-bond donors (Lipinski definition) is 2. The maximum atomic E-state index is 14.7. The minimum absolute atomic E-state index is 0.142. The normalized spacial score (nSPS) is 13.0. The number of hydrazine groups is 1. The predicted molar refractivity (Wildman–Crippen MR) is 114 cm³/mol. The molecular weight excluding hydrogens is 522 g/mol. The van der Waals surface area contributed by atoms with Gasteiger partial charge < -0.3 is 5.11 Å². The summed E-state index contributed by atoms with van der Waals surface area (Å²) in [7, 11) is 1.05. The summed E-state index contributed by atoms with van der Waals surface area (Å²) in [5, 5.41) is 8.30. The molecule has 0 heterocycles. The smallest absolute Gasteiger partial charge is 0.425 e. The summed E-state index contributed by atoms with van der Waals surface area (Å²) in [6.45, 7) is 0. The van der Waals surface area contributed by atoms with Gasteiger partial charge in [-0.1, -0.05) is 52.5 Å². The van der Waals surface area contributed by atoms with Crippen molar-refractivity contribution in [2.45, 2.75) is 12.1 Å². The topological polar surface area (TPSA) is 69.6 Å². The van der Waals surface area contributed by atoms with Crippen molar-refractivity contribution in [3.8, 4) is 0 Å². The van der Waals surface area contributed by atoms with Crippen LogP contribution in [-0.2, 0) is 0 Å².